The van der Waals surface area contributed by atoms with Crippen LogP contribution in [0.1, 0.15) is 22.3 Å². The molecule has 2 unspecified atom stereocenters. The van der Waals surface area contributed by atoms with Gasteiger partial charge in [0.1, 0.15) is 12.1 Å². The van der Waals surface area contributed by atoms with Gasteiger partial charge in [-0.1, -0.05) is 121 Å². The molecule has 6 rings (SSSR count). The maximum atomic E-state index is 14.2. The quantitative estimate of drug-likeness (QED) is 0.190. The summed E-state index contributed by atoms with van der Waals surface area (Å²) in [5.41, 5.74) is 3.77. The highest BCUT2D eigenvalue weighted by Gasteiger charge is 2.58. The summed E-state index contributed by atoms with van der Waals surface area (Å²) >= 11 is 0. The summed E-state index contributed by atoms with van der Waals surface area (Å²) in [6.07, 6.45) is 0. The third-order valence-corrected chi connectivity index (χ3v) is 8.07. The number of nitrogens with zero attached hydrogens (tertiary/aromatic N) is 3. The second kappa shape index (κ2) is 11.1. The van der Waals surface area contributed by atoms with Crippen molar-refractivity contribution < 1.29 is 14.3 Å². The Kier molecular flexibility index (Phi) is 7.20. The minimum absolute atomic E-state index is 0.0434. The number of rotatable bonds is 8. The topological polar surface area (TPSA) is 52.9 Å². The number of hydrogen-bond donors (Lipinski definition) is 0. The van der Waals surface area contributed by atoms with Crippen LogP contribution in [0.4, 0.5) is 0 Å². The van der Waals surface area contributed by atoms with Gasteiger partial charge in [0.2, 0.25) is 5.91 Å². The first-order valence-corrected chi connectivity index (χ1v) is 13.7. The molecule has 40 heavy (non-hydrogen) atoms. The highest BCUT2D eigenvalue weighted by molar-refractivity contribution is 5.90. The number of ether oxygens (including phenoxy) is 1. The molecule has 0 N–H and O–H groups in total. The van der Waals surface area contributed by atoms with E-state index in [-0.39, 0.29) is 17.9 Å². The van der Waals surface area contributed by atoms with Crippen molar-refractivity contribution in [2.75, 3.05) is 26.9 Å². The number of amides is 1. The van der Waals surface area contributed by atoms with Gasteiger partial charge in [0.15, 0.2) is 0 Å². The first-order chi connectivity index (χ1) is 19.6. The van der Waals surface area contributed by atoms with Crippen LogP contribution in [-0.4, -0.2) is 65.5 Å². The Balaban J connectivity index is 1.36. The predicted molar refractivity (Wildman–Crippen MR) is 154 cm³/mol. The molecule has 0 bridgehead atoms. The molecule has 2 aliphatic rings. The van der Waals surface area contributed by atoms with Crippen molar-refractivity contribution in [2.45, 2.75) is 24.2 Å². The average molecular weight is 532 g/mol. The zero-order valence-electron chi connectivity index (χ0n) is 22.6. The first kappa shape index (κ1) is 26.0. The molecule has 4 aromatic carbocycles. The van der Waals surface area contributed by atoms with Gasteiger partial charge in [0, 0.05) is 19.6 Å². The molecule has 0 radical (unpaired) electrons. The molecule has 6 heteroatoms. The van der Waals surface area contributed by atoms with Crippen molar-refractivity contribution in [3.8, 4) is 0 Å². The van der Waals surface area contributed by atoms with Crippen LogP contribution in [0, 0.1) is 0 Å². The number of esters is 1. The van der Waals surface area contributed by atoms with Crippen LogP contribution in [0.25, 0.3) is 0 Å². The van der Waals surface area contributed by atoms with E-state index < -0.39 is 11.6 Å². The largest absolute Gasteiger partial charge is 0.467 e. The summed E-state index contributed by atoms with van der Waals surface area (Å²) in [5.74, 6) is -0.422. The lowest BCUT2D eigenvalue weighted by atomic mass is 9.76. The van der Waals surface area contributed by atoms with Gasteiger partial charge in [-0.3, -0.25) is 14.6 Å². The monoisotopic (exact) mass is 531 g/mol. The van der Waals surface area contributed by atoms with E-state index in [0.29, 0.717) is 26.3 Å². The molecule has 0 saturated carbocycles. The summed E-state index contributed by atoms with van der Waals surface area (Å²) in [6.45, 7) is 2.07. The molecular formula is C34H33N3O3. The van der Waals surface area contributed by atoms with Gasteiger partial charge in [-0.15, -0.1) is 0 Å². The van der Waals surface area contributed by atoms with E-state index in [2.05, 4.69) is 58.3 Å². The molecule has 2 heterocycles. The van der Waals surface area contributed by atoms with Crippen molar-refractivity contribution in [1.82, 2.24) is 14.7 Å². The molecule has 3 atom stereocenters. The minimum Gasteiger partial charge on any atom is -0.467 e. The van der Waals surface area contributed by atoms with Crippen molar-refractivity contribution in [3.63, 3.8) is 0 Å². The van der Waals surface area contributed by atoms with E-state index in [1.165, 1.54) is 7.11 Å². The summed E-state index contributed by atoms with van der Waals surface area (Å²) in [6, 6.07) is 40.2. The molecule has 2 aliphatic heterocycles. The zero-order valence-corrected chi connectivity index (χ0v) is 22.6. The minimum atomic E-state index is -0.658. The van der Waals surface area contributed by atoms with Crippen molar-refractivity contribution in [2.24, 2.45) is 0 Å². The van der Waals surface area contributed by atoms with Crippen molar-refractivity contribution in [3.05, 3.63) is 144 Å². The smallest absolute Gasteiger partial charge is 0.329 e. The lowest BCUT2D eigenvalue weighted by molar-refractivity contribution is -0.150. The maximum Gasteiger partial charge on any atom is 0.329 e. The SMILES string of the molecule is COC(=O)[C@H]1CN(Cc2ccccc2)CN1C(=O)C1CN1C(c1ccccc1)(c1ccccc1)c1ccccc1. The molecule has 1 amide bonds. The first-order valence-electron chi connectivity index (χ1n) is 13.7. The molecule has 2 saturated heterocycles. The van der Waals surface area contributed by atoms with E-state index >= 15 is 0 Å². The molecule has 0 spiro atoms. The normalized spacial score (nSPS) is 20.7. The lowest BCUT2D eigenvalue weighted by Gasteiger charge is -2.38. The highest BCUT2D eigenvalue weighted by atomic mass is 16.5. The van der Waals surface area contributed by atoms with Gasteiger partial charge in [-0.05, 0) is 22.3 Å². The van der Waals surface area contributed by atoms with Gasteiger partial charge >= 0.3 is 5.97 Å². The van der Waals surface area contributed by atoms with Gasteiger partial charge in [0.25, 0.3) is 0 Å². The van der Waals surface area contributed by atoms with Crippen LogP contribution in [0.15, 0.2) is 121 Å². The second-order valence-corrected chi connectivity index (χ2v) is 10.5. The molecule has 0 aromatic heterocycles. The number of benzene rings is 4. The average Bonchev–Trinajstić information content (AvgIpc) is 3.71. The van der Waals surface area contributed by atoms with Crippen molar-refractivity contribution >= 4 is 11.9 Å². The molecule has 2 fully saturated rings. The van der Waals surface area contributed by atoms with E-state index in [9.17, 15) is 9.59 Å². The Hall–Kier alpha value is -4.26. The van der Waals surface area contributed by atoms with Crippen molar-refractivity contribution in [1.29, 1.82) is 0 Å². The lowest BCUT2D eigenvalue weighted by Crippen LogP contribution is -2.47. The highest BCUT2D eigenvalue weighted by Crippen LogP contribution is 2.48. The van der Waals surface area contributed by atoms with Gasteiger partial charge in [0.05, 0.1) is 19.3 Å². The fourth-order valence-electron chi connectivity index (χ4n) is 6.18. The number of carbonyl (C=O) groups is 2. The Labute approximate surface area is 235 Å². The van der Waals surface area contributed by atoms with Gasteiger partial charge in [-0.2, -0.15) is 0 Å². The molecule has 6 nitrogen and oxygen atoms in total. The molecule has 202 valence electrons. The number of methoxy groups -OCH3 is 1. The fourth-order valence-corrected chi connectivity index (χ4v) is 6.18. The van der Waals surface area contributed by atoms with Crippen LogP contribution in [0.2, 0.25) is 0 Å². The third-order valence-electron chi connectivity index (χ3n) is 8.07. The van der Waals surface area contributed by atoms with E-state index in [1.807, 2.05) is 72.8 Å². The second-order valence-electron chi connectivity index (χ2n) is 10.5. The Morgan fingerprint density at radius 1 is 0.700 bits per heavy atom. The Morgan fingerprint density at radius 3 is 1.65 bits per heavy atom. The summed E-state index contributed by atoms with van der Waals surface area (Å²) in [5, 5.41) is 0. The Bertz CT molecular complexity index is 1350. The van der Waals surface area contributed by atoms with Gasteiger partial charge < -0.3 is 9.64 Å². The van der Waals surface area contributed by atoms with Crippen LogP contribution >= 0.6 is 0 Å². The van der Waals surface area contributed by atoms with E-state index in [1.54, 1.807) is 4.90 Å². The van der Waals surface area contributed by atoms with Crippen LogP contribution < -0.4 is 0 Å². The molecule has 0 aliphatic carbocycles. The van der Waals surface area contributed by atoms with E-state index in [4.69, 9.17) is 4.74 Å². The standard InChI is InChI=1S/C34H33N3O3/c1-40-33(39)31-23-35(22-26-14-6-2-7-15-26)25-36(31)32(38)30-24-37(30)34(27-16-8-3-9-17-27,28-18-10-4-11-19-28)29-20-12-5-13-21-29/h2-21,30-31H,22-25H2,1H3/t30?,31-,37?/m1/s1. The predicted octanol–water partition coefficient (Wildman–Crippen LogP) is 4.51. The van der Waals surface area contributed by atoms with Gasteiger partial charge in [-0.25, -0.2) is 4.79 Å². The fraction of sp³-hybridized carbons (Fsp3) is 0.235. The summed E-state index contributed by atoms with van der Waals surface area (Å²) in [7, 11) is 1.39. The maximum absolute atomic E-state index is 14.2. The summed E-state index contributed by atoms with van der Waals surface area (Å²) in [4.78, 5) is 33.2. The molecule has 4 aromatic rings. The Morgan fingerprint density at radius 2 is 1.18 bits per heavy atom. The third kappa shape index (κ3) is 4.70. The van der Waals surface area contributed by atoms with Crippen LogP contribution in [0.5, 0.6) is 0 Å². The van der Waals surface area contributed by atoms with Crippen LogP contribution in [-0.2, 0) is 26.4 Å². The molecular weight excluding hydrogens is 498 g/mol. The number of carbonyl (C=O) groups excluding carboxylic acids is 2. The zero-order chi connectivity index (χ0) is 27.5. The van der Waals surface area contributed by atoms with Crippen LogP contribution in [0.3, 0.4) is 0 Å². The van der Waals surface area contributed by atoms with E-state index in [0.717, 1.165) is 22.3 Å². The summed E-state index contributed by atoms with van der Waals surface area (Å²) < 4.78 is 5.14. The number of hydrogen-bond acceptors (Lipinski definition) is 5.